The van der Waals surface area contributed by atoms with E-state index < -0.39 is 11.9 Å². The molecule has 1 atom stereocenters. The summed E-state index contributed by atoms with van der Waals surface area (Å²) in [5.41, 5.74) is 5.62. The Hall–Kier alpha value is -1.26. The van der Waals surface area contributed by atoms with Gasteiger partial charge in [-0.25, -0.2) is 4.79 Å². The minimum Gasteiger partial charge on any atom is -0.413 e. The lowest BCUT2D eigenvalue weighted by Gasteiger charge is -2.31. The summed E-state index contributed by atoms with van der Waals surface area (Å²) >= 11 is 6.04. The van der Waals surface area contributed by atoms with E-state index in [-0.39, 0.29) is 0 Å². The molecule has 0 saturated heterocycles. The van der Waals surface area contributed by atoms with Crippen molar-refractivity contribution in [1.29, 1.82) is 0 Å². The molecule has 0 radical (unpaired) electrons. The summed E-state index contributed by atoms with van der Waals surface area (Å²) in [4.78, 5) is 10.9. The predicted octanol–water partition coefficient (Wildman–Crippen LogP) is 2.64. The fraction of sp³-hybridized carbons (Fsp3) is 0.364. The van der Waals surface area contributed by atoms with E-state index >= 15 is 0 Å². The van der Waals surface area contributed by atoms with E-state index in [0.29, 0.717) is 17.0 Å². The van der Waals surface area contributed by atoms with Crippen LogP contribution in [0.1, 0.15) is 18.9 Å². The van der Waals surface area contributed by atoms with Gasteiger partial charge in [0.15, 0.2) is 0 Å². The van der Waals surface area contributed by atoms with Crippen molar-refractivity contribution in [2.75, 3.05) is 7.11 Å². The molecule has 1 amide bonds. The lowest BCUT2D eigenvalue weighted by molar-refractivity contribution is -0.193. The summed E-state index contributed by atoms with van der Waals surface area (Å²) in [6, 6.07) is 7.00. The molecule has 1 rings (SSSR count). The molecule has 88 valence electrons. The van der Waals surface area contributed by atoms with Crippen molar-refractivity contribution in [1.82, 2.24) is 0 Å². The van der Waals surface area contributed by atoms with Crippen molar-refractivity contribution < 1.29 is 14.3 Å². The third kappa shape index (κ3) is 2.46. The van der Waals surface area contributed by atoms with Crippen molar-refractivity contribution in [3.8, 4) is 0 Å². The van der Waals surface area contributed by atoms with E-state index in [1.807, 2.05) is 6.92 Å². The summed E-state index contributed by atoms with van der Waals surface area (Å²) < 4.78 is 10.3. The van der Waals surface area contributed by atoms with Gasteiger partial charge in [0, 0.05) is 19.1 Å². The lowest BCUT2D eigenvalue weighted by Crippen LogP contribution is -2.36. The van der Waals surface area contributed by atoms with Crippen LogP contribution in [0.4, 0.5) is 4.79 Å². The van der Waals surface area contributed by atoms with Gasteiger partial charge in [-0.15, -0.1) is 0 Å². The van der Waals surface area contributed by atoms with Crippen LogP contribution in [0.3, 0.4) is 0 Å². The Morgan fingerprint density at radius 1 is 1.50 bits per heavy atom. The predicted molar refractivity (Wildman–Crippen MR) is 61.1 cm³/mol. The normalized spacial score (nSPS) is 14.2. The first-order valence-electron chi connectivity index (χ1n) is 4.84. The molecule has 0 heterocycles. The van der Waals surface area contributed by atoms with Gasteiger partial charge in [0.25, 0.3) is 0 Å². The van der Waals surface area contributed by atoms with Crippen molar-refractivity contribution in [2.45, 2.75) is 19.1 Å². The van der Waals surface area contributed by atoms with E-state index in [9.17, 15) is 4.79 Å². The Kier molecular flexibility index (Phi) is 4.15. The Balaban J connectivity index is 3.20. The van der Waals surface area contributed by atoms with Crippen LogP contribution in [0.15, 0.2) is 24.3 Å². The zero-order chi connectivity index (χ0) is 12.2. The largest absolute Gasteiger partial charge is 0.413 e. The van der Waals surface area contributed by atoms with E-state index in [0.717, 1.165) is 0 Å². The summed E-state index contributed by atoms with van der Waals surface area (Å²) in [5, 5.41) is 0.465. The highest BCUT2D eigenvalue weighted by Crippen LogP contribution is 2.34. The number of ether oxygens (including phenoxy) is 2. The standard InChI is InChI=1S/C11H14ClNO3/c1-3-11(15-2,16-10(13)14)8-6-4-5-7-9(8)12/h4-7H,3H2,1-2H3,(H2,13,14)/t11-/m1/s1. The molecular weight excluding hydrogens is 230 g/mol. The average molecular weight is 244 g/mol. The van der Waals surface area contributed by atoms with Crippen molar-refractivity contribution in [3.63, 3.8) is 0 Å². The highest BCUT2D eigenvalue weighted by Gasteiger charge is 2.36. The van der Waals surface area contributed by atoms with Gasteiger partial charge < -0.3 is 15.2 Å². The maximum absolute atomic E-state index is 10.9. The van der Waals surface area contributed by atoms with Crippen LogP contribution in [0.25, 0.3) is 0 Å². The van der Waals surface area contributed by atoms with Crippen LogP contribution in [0.5, 0.6) is 0 Å². The number of hydrogen-bond acceptors (Lipinski definition) is 3. The smallest absolute Gasteiger partial charge is 0.407 e. The molecule has 0 aliphatic heterocycles. The van der Waals surface area contributed by atoms with Gasteiger partial charge in [0.2, 0.25) is 5.79 Å². The van der Waals surface area contributed by atoms with Gasteiger partial charge in [-0.05, 0) is 6.07 Å². The first-order valence-corrected chi connectivity index (χ1v) is 5.22. The molecule has 5 heteroatoms. The Morgan fingerprint density at radius 2 is 2.12 bits per heavy atom. The van der Waals surface area contributed by atoms with Gasteiger partial charge in [-0.2, -0.15) is 0 Å². The molecule has 4 nitrogen and oxygen atoms in total. The van der Waals surface area contributed by atoms with Crippen LogP contribution in [-0.2, 0) is 15.3 Å². The number of amides is 1. The number of carbonyl (C=O) groups excluding carboxylic acids is 1. The second-order valence-electron chi connectivity index (χ2n) is 3.21. The van der Waals surface area contributed by atoms with Gasteiger partial charge in [0.05, 0.1) is 5.02 Å². The van der Waals surface area contributed by atoms with E-state index in [2.05, 4.69) is 0 Å². The van der Waals surface area contributed by atoms with Crippen LogP contribution in [0.2, 0.25) is 5.02 Å². The van der Waals surface area contributed by atoms with Crippen molar-refractivity contribution in [2.24, 2.45) is 5.73 Å². The van der Waals surface area contributed by atoms with Crippen LogP contribution in [-0.4, -0.2) is 13.2 Å². The van der Waals surface area contributed by atoms with Gasteiger partial charge >= 0.3 is 6.09 Å². The molecule has 1 aromatic rings. The topological polar surface area (TPSA) is 61.6 Å². The highest BCUT2D eigenvalue weighted by atomic mass is 35.5. The molecule has 0 spiro atoms. The van der Waals surface area contributed by atoms with Crippen molar-refractivity contribution in [3.05, 3.63) is 34.9 Å². The number of carbonyl (C=O) groups is 1. The number of methoxy groups -OCH3 is 1. The fourth-order valence-corrected chi connectivity index (χ4v) is 1.83. The van der Waals surface area contributed by atoms with Gasteiger partial charge in [-0.1, -0.05) is 36.7 Å². The number of nitrogens with two attached hydrogens (primary N) is 1. The number of rotatable bonds is 4. The molecule has 0 bridgehead atoms. The number of primary amides is 1. The third-order valence-electron chi connectivity index (χ3n) is 2.34. The minimum absolute atomic E-state index is 0.413. The van der Waals surface area contributed by atoms with Gasteiger partial charge in [0.1, 0.15) is 0 Å². The third-order valence-corrected chi connectivity index (χ3v) is 2.67. The lowest BCUT2D eigenvalue weighted by atomic mass is 10.0. The second kappa shape index (κ2) is 5.18. The summed E-state index contributed by atoms with van der Waals surface area (Å²) in [5.74, 6) is -1.22. The molecule has 0 aliphatic rings. The SMILES string of the molecule is CC[C@@](OC)(OC(N)=O)c1ccccc1Cl. The molecule has 2 N–H and O–H groups in total. The summed E-state index contributed by atoms with van der Waals surface area (Å²) in [7, 11) is 1.44. The quantitative estimate of drug-likeness (QED) is 0.827. The monoisotopic (exact) mass is 243 g/mol. The number of hydrogen-bond donors (Lipinski definition) is 1. The summed E-state index contributed by atoms with van der Waals surface area (Å²) in [6.45, 7) is 1.82. The Bertz CT molecular complexity index is 377. The number of halogens is 1. The van der Waals surface area contributed by atoms with Crippen LogP contribution in [0, 0.1) is 0 Å². The van der Waals surface area contributed by atoms with Gasteiger partial charge in [-0.3, -0.25) is 0 Å². The van der Waals surface area contributed by atoms with E-state index in [1.54, 1.807) is 24.3 Å². The molecule has 0 aromatic heterocycles. The maximum atomic E-state index is 10.9. The minimum atomic E-state index is -1.22. The Labute approximate surface area is 99.3 Å². The molecular formula is C11H14ClNO3. The summed E-state index contributed by atoms with van der Waals surface area (Å²) in [6.07, 6.45) is -0.487. The molecule has 0 fully saturated rings. The van der Waals surface area contributed by atoms with Crippen LogP contribution >= 0.6 is 11.6 Å². The second-order valence-corrected chi connectivity index (χ2v) is 3.62. The Morgan fingerprint density at radius 3 is 2.56 bits per heavy atom. The average Bonchev–Trinajstić information content (AvgIpc) is 2.26. The molecule has 16 heavy (non-hydrogen) atoms. The first-order chi connectivity index (χ1) is 7.55. The zero-order valence-electron chi connectivity index (χ0n) is 9.20. The highest BCUT2D eigenvalue weighted by molar-refractivity contribution is 6.31. The molecule has 0 saturated carbocycles. The molecule has 1 aromatic carbocycles. The zero-order valence-corrected chi connectivity index (χ0v) is 9.95. The van der Waals surface area contributed by atoms with E-state index in [1.165, 1.54) is 7.11 Å². The molecule has 0 aliphatic carbocycles. The van der Waals surface area contributed by atoms with Crippen LogP contribution < -0.4 is 5.73 Å². The van der Waals surface area contributed by atoms with E-state index in [4.69, 9.17) is 26.8 Å². The maximum Gasteiger partial charge on any atom is 0.407 e. The van der Waals surface area contributed by atoms with Crippen molar-refractivity contribution >= 4 is 17.7 Å². The number of benzene rings is 1. The molecule has 0 unspecified atom stereocenters. The first kappa shape index (κ1) is 12.8. The fourth-order valence-electron chi connectivity index (χ4n) is 1.55.